The predicted molar refractivity (Wildman–Crippen MR) is 69.8 cm³/mol. The van der Waals surface area contributed by atoms with Crippen molar-refractivity contribution in [3.63, 3.8) is 0 Å². The van der Waals surface area contributed by atoms with Crippen LogP contribution in [0.5, 0.6) is 0 Å². The van der Waals surface area contributed by atoms with Gasteiger partial charge in [-0.3, -0.25) is 4.98 Å². The van der Waals surface area contributed by atoms with Gasteiger partial charge in [0.05, 0.1) is 11.4 Å². The Morgan fingerprint density at radius 1 is 1.24 bits per heavy atom. The number of nitrogens with zero attached hydrogens (tertiary/aromatic N) is 2. The Hall–Kier alpha value is -1.29. The highest BCUT2D eigenvalue weighted by Gasteiger charge is 2.11. The maximum Gasteiger partial charge on any atom is 0.181 e. The van der Waals surface area contributed by atoms with Crippen LogP contribution in [0.15, 0.2) is 35.2 Å². The van der Waals surface area contributed by atoms with Crippen molar-refractivity contribution in [1.82, 2.24) is 9.97 Å². The van der Waals surface area contributed by atoms with E-state index in [1.54, 1.807) is 0 Å². The Kier molecular flexibility index (Phi) is 4.20. The normalized spacial score (nSPS) is 11.0. The van der Waals surface area contributed by atoms with Crippen LogP contribution in [0, 0.1) is 0 Å². The van der Waals surface area contributed by atoms with E-state index >= 15 is 0 Å². The van der Waals surface area contributed by atoms with Crippen LogP contribution in [-0.4, -0.2) is 9.97 Å². The fourth-order valence-electron chi connectivity index (χ4n) is 1.59. The molecule has 2 aromatic heterocycles. The molecule has 0 aliphatic rings. The van der Waals surface area contributed by atoms with Crippen molar-refractivity contribution >= 4 is 11.8 Å². The molecule has 3 nitrogen and oxygen atoms in total. The Morgan fingerprint density at radius 2 is 2.12 bits per heavy atom. The highest BCUT2D eigenvalue weighted by molar-refractivity contribution is 7.97. The van der Waals surface area contributed by atoms with Crippen LogP contribution in [0.4, 0.5) is 0 Å². The van der Waals surface area contributed by atoms with Gasteiger partial charge in [-0.1, -0.05) is 19.9 Å². The molecule has 0 atom stereocenters. The van der Waals surface area contributed by atoms with E-state index in [-0.39, 0.29) is 0 Å². The molecule has 2 heterocycles. The molecule has 0 fully saturated rings. The minimum atomic E-state index is 0.392. The third kappa shape index (κ3) is 3.33. The van der Waals surface area contributed by atoms with Crippen molar-refractivity contribution in [2.45, 2.75) is 31.3 Å². The van der Waals surface area contributed by atoms with E-state index in [0.717, 1.165) is 28.7 Å². The molecular formula is C13H16N2OS. The average molecular weight is 248 g/mol. The lowest BCUT2D eigenvalue weighted by molar-refractivity contribution is 0.480. The van der Waals surface area contributed by atoms with Gasteiger partial charge in [0, 0.05) is 23.6 Å². The molecule has 0 radical (unpaired) electrons. The molecule has 0 N–H and O–H groups in total. The van der Waals surface area contributed by atoms with Crippen molar-refractivity contribution in [3.8, 4) is 0 Å². The van der Waals surface area contributed by atoms with Gasteiger partial charge in [0.25, 0.3) is 0 Å². The molecule has 2 rings (SSSR count). The van der Waals surface area contributed by atoms with E-state index < -0.39 is 0 Å². The summed E-state index contributed by atoms with van der Waals surface area (Å²) in [6.07, 6.45) is 3.36. The molecule has 0 amide bonds. The molecule has 0 bridgehead atoms. The fraction of sp³-hybridized carbons (Fsp3) is 0.385. The lowest BCUT2D eigenvalue weighted by Gasteiger charge is -2.03. The first-order chi connectivity index (χ1) is 8.27. The summed E-state index contributed by atoms with van der Waals surface area (Å²) in [5.41, 5.74) is 2.16. The summed E-state index contributed by atoms with van der Waals surface area (Å²) < 4.78 is 5.39. The third-order valence-electron chi connectivity index (χ3n) is 2.41. The van der Waals surface area contributed by atoms with E-state index in [9.17, 15) is 0 Å². The maximum absolute atomic E-state index is 5.39. The van der Waals surface area contributed by atoms with Crippen molar-refractivity contribution in [3.05, 3.63) is 47.9 Å². The SMILES string of the molecule is CC(C)c1ocnc1CSCc1ccccn1. The van der Waals surface area contributed by atoms with Crippen molar-refractivity contribution in [1.29, 1.82) is 0 Å². The van der Waals surface area contributed by atoms with Crippen LogP contribution < -0.4 is 0 Å². The predicted octanol–water partition coefficient (Wildman–Crippen LogP) is 3.63. The summed E-state index contributed by atoms with van der Waals surface area (Å²) in [4.78, 5) is 8.55. The van der Waals surface area contributed by atoms with Gasteiger partial charge in [0.2, 0.25) is 0 Å². The minimum absolute atomic E-state index is 0.392. The molecule has 0 aliphatic carbocycles. The summed E-state index contributed by atoms with van der Waals surface area (Å²) >= 11 is 1.81. The molecule has 0 saturated heterocycles. The van der Waals surface area contributed by atoms with Gasteiger partial charge in [0.1, 0.15) is 5.76 Å². The number of pyridine rings is 1. The molecule has 17 heavy (non-hydrogen) atoms. The second-order valence-electron chi connectivity index (χ2n) is 4.13. The number of oxazole rings is 1. The zero-order valence-corrected chi connectivity index (χ0v) is 10.9. The Labute approximate surface area is 106 Å². The van der Waals surface area contributed by atoms with Crippen LogP contribution in [0.25, 0.3) is 0 Å². The molecule has 0 saturated carbocycles. The smallest absolute Gasteiger partial charge is 0.181 e. The zero-order chi connectivity index (χ0) is 12.1. The molecule has 0 aromatic carbocycles. The molecule has 0 unspecified atom stereocenters. The van der Waals surface area contributed by atoms with Crippen molar-refractivity contribution < 1.29 is 4.42 Å². The van der Waals surface area contributed by atoms with Crippen LogP contribution >= 0.6 is 11.8 Å². The summed E-state index contributed by atoms with van der Waals surface area (Å²) in [5.74, 6) is 3.17. The van der Waals surface area contributed by atoms with Crippen molar-refractivity contribution in [2.24, 2.45) is 0 Å². The van der Waals surface area contributed by atoms with Gasteiger partial charge < -0.3 is 4.42 Å². The van der Waals surface area contributed by atoms with Gasteiger partial charge >= 0.3 is 0 Å². The monoisotopic (exact) mass is 248 g/mol. The molecule has 4 heteroatoms. The highest BCUT2D eigenvalue weighted by atomic mass is 32.2. The molecule has 0 aliphatic heterocycles. The lowest BCUT2D eigenvalue weighted by Crippen LogP contribution is -1.93. The number of rotatable bonds is 5. The Bertz CT molecular complexity index is 453. The van der Waals surface area contributed by atoms with Gasteiger partial charge in [-0.15, -0.1) is 11.8 Å². The van der Waals surface area contributed by atoms with Gasteiger partial charge in [-0.05, 0) is 12.1 Å². The van der Waals surface area contributed by atoms with Gasteiger partial charge in [-0.25, -0.2) is 4.98 Å². The van der Waals surface area contributed by atoms with Gasteiger partial charge in [-0.2, -0.15) is 0 Å². The second-order valence-corrected chi connectivity index (χ2v) is 5.12. The van der Waals surface area contributed by atoms with Crippen LogP contribution in [0.3, 0.4) is 0 Å². The van der Waals surface area contributed by atoms with E-state index in [1.165, 1.54) is 6.39 Å². The number of aromatic nitrogens is 2. The molecule has 0 spiro atoms. The molecular weight excluding hydrogens is 232 g/mol. The van der Waals surface area contributed by atoms with Gasteiger partial charge in [0.15, 0.2) is 6.39 Å². The van der Waals surface area contributed by atoms with Crippen LogP contribution in [-0.2, 0) is 11.5 Å². The van der Waals surface area contributed by atoms with E-state index in [4.69, 9.17) is 4.42 Å². The van der Waals surface area contributed by atoms with E-state index in [2.05, 4.69) is 23.8 Å². The largest absolute Gasteiger partial charge is 0.448 e. The zero-order valence-electron chi connectivity index (χ0n) is 10.1. The maximum atomic E-state index is 5.39. The average Bonchev–Trinajstić information content (AvgIpc) is 2.79. The third-order valence-corrected chi connectivity index (χ3v) is 3.39. The quantitative estimate of drug-likeness (QED) is 0.810. The van der Waals surface area contributed by atoms with E-state index in [1.807, 2.05) is 36.2 Å². The number of hydrogen-bond acceptors (Lipinski definition) is 4. The standard InChI is InChI=1S/C13H16N2OS/c1-10(2)13-12(15-9-16-13)8-17-7-11-5-3-4-6-14-11/h3-6,9-10H,7-8H2,1-2H3. The summed E-state index contributed by atoms with van der Waals surface area (Å²) in [6.45, 7) is 4.24. The van der Waals surface area contributed by atoms with Crippen molar-refractivity contribution in [2.75, 3.05) is 0 Å². The summed E-state index contributed by atoms with van der Waals surface area (Å²) in [5, 5.41) is 0. The summed E-state index contributed by atoms with van der Waals surface area (Å²) in [6, 6.07) is 5.99. The van der Waals surface area contributed by atoms with Crippen LogP contribution in [0.1, 0.15) is 36.9 Å². The first-order valence-corrected chi connectivity index (χ1v) is 6.82. The minimum Gasteiger partial charge on any atom is -0.448 e. The number of hydrogen-bond donors (Lipinski definition) is 0. The summed E-state index contributed by atoms with van der Waals surface area (Å²) in [7, 11) is 0. The first-order valence-electron chi connectivity index (χ1n) is 5.67. The number of thioether (sulfide) groups is 1. The highest BCUT2D eigenvalue weighted by Crippen LogP contribution is 2.23. The van der Waals surface area contributed by atoms with Crippen LogP contribution in [0.2, 0.25) is 0 Å². The Morgan fingerprint density at radius 3 is 2.82 bits per heavy atom. The fourth-order valence-corrected chi connectivity index (χ4v) is 2.48. The van der Waals surface area contributed by atoms with E-state index in [0.29, 0.717) is 5.92 Å². The lowest BCUT2D eigenvalue weighted by atomic mass is 10.1. The molecule has 2 aromatic rings. The topological polar surface area (TPSA) is 38.9 Å². The first kappa shape index (κ1) is 12.2. The molecule has 90 valence electrons. The Balaban J connectivity index is 1.88. The second kappa shape index (κ2) is 5.87.